The normalized spacial score (nSPS) is 10.3. The quantitative estimate of drug-likeness (QED) is 0.282. The van der Waals surface area contributed by atoms with Crippen molar-refractivity contribution in [3.05, 3.63) is 68.9 Å². The zero-order valence-electron chi connectivity index (χ0n) is 17.9. The van der Waals surface area contributed by atoms with Gasteiger partial charge in [-0.25, -0.2) is 0 Å². The van der Waals surface area contributed by atoms with Crippen molar-refractivity contribution in [2.24, 2.45) is 0 Å². The van der Waals surface area contributed by atoms with Crippen LogP contribution >= 0.6 is 12.2 Å². The number of hydrogen-bond donors (Lipinski definition) is 2. The maximum atomic E-state index is 12.1. The van der Waals surface area contributed by atoms with Crippen LogP contribution in [0, 0.1) is 4.77 Å². The lowest BCUT2D eigenvalue weighted by atomic mass is 10.1. The Morgan fingerprint density at radius 2 is 1.80 bits per heavy atom. The van der Waals surface area contributed by atoms with Crippen LogP contribution in [0.4, 0.5) is 5.69 Å². The molecule has 2 N–H and O–H groups in total. The summed E-state index contributed by atoms with van der Waals surface area (Å²) in [5.41, 5.74) is 4.84. The van der Waals surface area contributed by atoms with Crippen LogP contribution in [-0.4, -0.2) is 27.7 Å². The van der Waals surface area contributed by atoms with Crippen molar-refractivity contribution in [3.8, 4) is 5.88 Å². The third kappa shape index (κ3) is 6.34. The van der Waals surface area contributed by atoms with E-state index in [1.54, 1.807) is 12.2 Å². The molecule has 1 aromatic heterocycles. The molecule has 2 rings (SSSR count). The Balaban J connectivity index is 2.23. The second kappa shape index (κ2) is 12.0. The zero-order valence-corrected chi connectivity index (χ0v) is 18.7. The molecule has 0 aliphatic rings. The van der Waals surface area contributed by atoms with Crippen LogP contribution in [0.1, 0.15) is 50.7 Å². The van der Waals surface area contributed by atoms with Gasteiger partial charge < -0.3 is 10.0 Å². The minimum absolute atomic E-state index is 0.114. The Morgan fingerprint density at radius 3 is 2.37 bits per heavy atom. The van der Waals surface area contributed by atoms with E-state index in [0.29, 0.717) is 6.54 Å². The predicted octanol–water partition coefficient (Wildman–Crippen LogP) is 5.53. The number of hydrogen-bond acceptors (Lipinski definition) is 4. The summed E-state index contributed by atoms with van der Waals surface area (Å²) in [7, 11) is 0. The van der Waals surface area contributed by atoms with Gasteiger partial charge in [-0.05, 0) is 54.9 Å². The topological polar surface area (TPSA) is 61.3 Å². The van der Waals surface area contributed by atoms with Gasteiger partial charge in [0, 0.05) is 25.3 Å². The Hall–Kier alpha value is -2.82. The van der Waals surface area contributed by atoms with Gasteiger partial charge in [-0.1, -0.05) is 44.9 Å². The summed E-state index contributed by atoms with van der Waals surface area (Å²) in [6.07, 6.45) is 9.57. The molecule has 5 nitrogen and oxygen atoms in total. The number of unbranched alkanes of at least 4 members (excludes halogenated alkanes) is 2. The van der Waals surface area contributed by atoms with E-state index in [-0.39, 0.29) is 16.2 Å². The van der Waals surface area contributed by atoms with Gasteiger partial charge in [-0.2, -0.15) is 0 Å². The largest absolute Gasteiger partial charge is 0.494 e. The molecule has 160 valence electrons. The molecule has 0 spiro atoms. The van der Waals surface area contributed by atoms with Gasteiger partial charge in [0.2, 0.25) is 5.88 Å². The number of aromatic amines is 1. The van der Waals surface area contributed by atoms with Crippen molar-refractivity contribution >= 4 is 30.1 Å². The fraction of sp³-hybridized carbons (Fsp3) is 0.375. The van der Waals surface area contributed by atoms with Gasteiger partial charge in [-0.15, -0.1) is 12.3 Å². The maximum Gasteiger partial charge on any atom is 0.263 e. The molecule has 0 bridgehead atoms. The minimum atomic E-state index is -0.448. The zero-order chi connectivity index (χ0) is 21.9. The second-order valence-electron chi connectivity index (χ2n) is 7.14. The van der Waals surface area contributed by atoms with Crippen molar-refractivity contribution < 1.29 is 5.11 Å². The minimum Gasteiger partial charge on any atom is -0.494 e. The van der Waals surface area contributed by atoms with Crippen molar-refractivity contribution in [3.63, 3.8) is 0 Å². The van der Waals surface area contributed by atoms with Gasteiger partial charge in [0.1, 0.15) is 5.56 Å². The number of nitrogens with one attached hydrogen (secondary N) is 1. The highest BCUT2D eigenvalue weighted by Gasteiger charge is 2.09. The van der Waals surface area contributed by atoms with Crippen LogP contribution in [0.5, 0.6) is 5.88 Å². The number of aromatic hydroxyl groups is 1. The van der Waals surface area contributed by atoms with Crippen LogP contribution in [0.3, 0.4) is 0 Å². The monoisotopic (exact) mass is 425 g/mol. The highest BCUT2D eigenvalue weighted by Crippen LogP contribution is 2.18. The third-order valence-electron chi connectivity index (χ3n) is 4.82. The highest BCUT2D eigenvalue weighted by atomic mass is 32.1. The number of benzene rings is 1. The van der Waals surface area contributed by atoms with E-state index in [4.69, 9.17) is 12.2 Å². The average Bonchev–Trinajstić information content (AvgIpc) is 2.74. The first kappa shape index (κ1) is 23.5. The fourth-order valence-corrected chi connectivity index (χ4v) is 3.33. The molecular weight excluding hydrogens is 394 g/mol. The van der Waals surface area contributed by atoms with Gasteiger partial charge in [-0.3, -0.25) is 14.3 Å². The predicted molar refractivity (Wildman–Crippen MR) is 129 cm³/mol. The molecule has 0 saturated carbocycles. The first-order valence-electron chi connectivity index (χ1n) is 10.5. The average molecular weight is 426 g/mol. The summed E-state index contributed by atoms with van der Waals surface area (Å²) in [6, 6.07) is 8.31. The molecule has 0 unspecified atom stereocenters. The smallest absolute Gasteiger partial charge is 0.263 e. The summed E-state index contributed by atoms with van der Waals surface area (Å²) in [4.78, 5) is 17.1. The molecule has 30 heavy (non-hydrogen) atoms. The molecule has 0 saturated heterocycles. The number of nitrogens with zero attached hydrogens (tertiary/aromatic N) is 2. The van der Waals surface area contributed by atoms with Gasteiger partial charge in [0.15, 0.2) is 4.77 Å². The van der Waals surface area contributed by atoms with E-state index in [1.807, 2.05) is 12.1 Å². The molecule has 1 heterocycles. The van der Waals surface area contributed by atoms with Crippen LogP contribution in [-0.2, 0) is 6.54 Å². The lowest BCUT2D eigenvalue weighted by Crippen LogP contribution is -2.25. The molecular formula is C24H31N3O2S. The lowest BCUT2D eigenvalue weighted by Gasteiger charge is -2.24. The van der Waals surface area contributed by atoms with E-state index in [2.05, 4.69) is 48.2 Å². The first-order valence-corrected chi connectivity index (χ1v) is 10.9. The standard InChI is InChI=1S/C24H31N3O2S/c1-4-7-17-26(18-8-5-2)20-14-12-19(13-15-20)10-9-11-21-22(28)25-24(30)27(16-6-3)23(21)29/h6,10-15,29H,3-5,7-8,16-18H2,1-2H3,(H,25,28,30). The molecule has 0 radical (unpaired) electrons. The first-order chi connectivity index (χ1) is 14.5. The van der Waals surface area contributed by atoms with Gasteiger partial charge in [0.25, 0.3) is 5.56 Å². The van der Waals surface area contributed by atoms with E-state index in [9.17, 15) is 9.90 Å². The maximum absolute atomic E-state index is 12.1. The summed E-state index contributed by atoms with van der Waals surface area (Å²) in [5, 5.41) is 10.4. The molecule has 0 aliphatic heterocycles. The van der Waals surface area contributed by atoms with Crippen LogP contribution in [0.25, 0.3) is 12.2 Å². The molecule has 6 heteroatoms. The second-order valence-corrected chi connectivity index (χ2v) is 7.52. The van der Waals surface area contributed by atoms with Crippen LogP contribution in [0.15, 0.2) is 47.4 Å². The number of H-pyrrole nitrogens is 1. The Kier molecular flexibility index (Phi) is 9.39. The SMILES string of the molecule is C=CCn1c(O)c(C=C=Cc2ccc(N(CCCC)CCCC)cc2)c(=O)[nH]c1=S. The Morgan fingerprint density at radius 1 is 1.17 bits per heavy atom. The Labute approximate surface area is 183 Å². The van der Waals surface area contributed by atoms with Crippen molar-refractivity contribution in [1.29, 1.82) is 0 Å². The molecule has 0 atom stereocenters. The molecule has 0 fully saturated rings. The van der Waals surface area contributed by atoms with Crippen LogP contribution < -0.4 is 10.5 Å². The van der Waals surface area contributed by atoms with E-state index in [0.717, 1.165) is 18.7 Å². The number of aromatic nitrogens is 2. The molecule has 0 amide bonds. The highest BCUT2D eigenvalue weighted by molar-refractivity contribution is 7.71. The lowest BCUT2D eigenvalue weighted by molar-refractivity contribution is 0.413. The van der Waals surface area contributed by atoms with Crippen molar-refractivity contribution in [2.75, 3.05) is 18.0 Å². The molecule has 1 aromatic carbocycles. The van der Waals surface area contributed by atoms with E-state index < -0.39 is 5.56 Å². The summed E-state index contributed by atoms with van der Waals surface area (Å²) < 4.78 is 1.57. The molecule has 2 aromatic rings. The number of anilines is 1. The summed E-state index contributed by atoms with van der Waals surface area (Å²) in [5.74, 6) is -0.192. The summed E-state index contributed by atoms with van der Waals surface area (Å²) in [6.45, 7) is 10.5. The van der Waals surface area contributed by atoms with Gasteiger partial charge >= 0.3 is 0 Å². The van der Waals surface area contributed by atoms with E-state index in [1.165, 1.54) is 42.0 Å². The fourth-order valence-electron chi connectivity index (χ4n) is 3.07. The molecule has 0 aliphatic carbocycles. The van der Waals surface area contributed by atoms with Gasteiger partial charge in [0.05, 0.1) is 0 Å². The van der Waals surface area contributed by atoms with Crippen molar-refractivity contribution in [1.82, 2.24) is 9.55 Å². The third-order valence-corrected chi connectivity index (χ3v) is 5.14. The summed E-state index contributed by atoms with van der Waals surface area (Å²) >= 11 is 5.08. The Bertz CT molecular complexity index is 1000. The number of rotatable bonds is 11. The van der Waals surface area contributed by atoms with Crippen molar-refractivity contribution in [2.45, 2.75) is 46.1 Å². The number of allylic oxidation sites excluding steroid dienone is 1. The van der Waals surface area contributed by atoms with E-state index >= 15 is 0 Å². The van der Waals surface area contributed by atoms with Crippen LogP contribution in [0.2, 0.25) is 0 Å².